The first-order valence-corrected chi connectivity index (χ1v) is 6.02. The number of fused-ring (bicyclic) bond motifs is 1. The Balaban J connectivity index is 2.17. The summed E-state index contributed by atoms with van der Waals surface area (Å²) in [6.45, 7) is 1.85. The van der Waals surface area contributed by atoms with Gasteiger partial charge in [0.2, 0.25) is 0 Å². The summed E-state index contributed by atoms with van der Waals surface area (Å²) in [6.07, 6.45) is 2.13. The minimum Gasteiger partial charge on any atom is -0.287 e. The Labute approximate surface area is 105 Å². The molecule has 0 amide bonds. The van der Waals surface area contributed by atoms with Crippen LogP contribution in [0, 0.1) is 6.92 Å². The SMILES string of the molecule is Cc1ccnc(-c2cnc3sc(C(F)F)cn23)n1. The Kier molecular flexibility index (Phi) is 2.55. The van der Waals surface area contributed by atoms with E-state index in [1.807, 2.05) is 6.92 Å². The molecule has 0 spiro atoms. The third-order valence-electron chi connectivity index (χ3n) is 2.47. The van der Waals surface area contributed by atoms with Crippen LogP contribution in [0.15, 0.2) is 24.7 Å². The summed E-state index contributed by atoms with van der Waals surface area (Å²) in [4.78, 5) is 13.0. The molecule has 3 heterocycles. The first-order valence-electron chi connectivity index (χ1n) is 5.20. The lowest BCUT2D eigenvalue weighted by Crippen LogP contribution is -1.93. The van der Waals surface area contributed by atoms with Gasteiger partial charge >= 0.3 is 0 Å². The van der Waals surface area contributed by atoms with Crippen LogP contribution in [0.2, 0.25) is 0 Å². The number of alkyl halides is 2. The minimum absolute atomic E-state index is 0.00740. The van der Waals surface area contributed by atoms with Gasteiger partial charge in [-0.3, -0.25) is 4.40 Å². The number of aryl methyl sites for hydroxylation is 1. The number of hydrogen-bond acceptors (Lipinski definition) is 4. The molecule has 0 radical (unpaired) electrons. The zero-order chi connectivity index (χ0) is 12.7. The van der Waals surface area contributed by atoms with Crippen LogP contribution in [0.5, 0.6) is 0 Å². The summed E-state index contributed by atoms with van der Waals surface area (Å²) in [5.41, 5.74) is 1.44. The second-order valence-corrected chi connectivity index (χ2v) is 4.79. The molecule has 0 saturated carbocycles. The molecule has 0 saturated heterocycles. The molecule has 0 aromatic carbocycles. The van der Waals surface area contributed by atoms with Crippen molar-refractivity contribution >= 4 is 16.3 Å². The van der Waals surface area contributed by atoms with Crippen LogP contribution in [0.3, 0.4) is 0 Å². The molecule has 0 fully saturated rings. The molecule has 0 bridgehead atoms. The lowest BCUT2D eigenvalue weighted by molar-refractivity contribution is 0.155. The number of imidazole rings is 1. The molecule has 92 valence electrons. The Hall–Kier alpha value is -1.89. The number of hydrogen-bond donors (Lipinski definition) is 0. The van der Waals surface area contributed by atoms with Crippen LogP contribution in [-0.4, -0.2) is 19.4 Å². The van der Waals surface area contributed by atoms with Gasteiger partial charge in [-0.05, 0) is 13.0 Å². The van der Waals surface area contributed by atoms with Crippen molar-refractivity contribution in [3.05, 3.63) is 35.2 Å². The summed E-state index contributed by atoms with van der Waals surface area (Å²) >= 11 is 0.971. The first kappa shape index (κ1) is 11.2. The number of halogens is 2. The molecule has 0 aliphatic carbocycles. The van der Waals surface area contributed by atoms with Crippen molar-refractivity contribution in [1.82, 2.24) is 19.4 Å². The Morgan fingerprint density at radius 3 is 2.89 bits per heavy atom. The fourth-order valence-electron chi connectivity index (χ4n) is 1.64. The van der Waals surface area contributed by atoms with E-state index in [4.69, 9.17) is 0 Å². The fraction of sp³-hybridized carbons (Fsp3) is 0.182. The Morgan fingerprint density at radius 2 is 2.17 bits per heavy atom. The van der Waals surface area contributed by atoms with Gasteiger partial charge in [0.15, 0.2) is 10.8 Å². The summed E-state index contributed by atoms with van der Waals surface area (Å²) in [5, 5.41) is 0. The smallest absolute Gasteiger partial charge is 0.274 e. The van der Waals surface area contributed by atoms with Crippen LogP contribution in [0.4, 0.5) is 8.78 Å². The standard InChI is InChI=1S/C11H8F2N4S/c1-6-2-3-14-10(16-6)7-4-15-11-17(7)5-8(18-11)9(12)13/h2-5,9H,1H3. The van der Waals surface area contributed by atoms with Gasteiger partial charge in [-0.2, -0.15) is 0 Å². The molecule has 7 heteroatoms. The summed E-state index contributed by atoms with van der Waals surface area (Å²) in [7, 11) is 0. The molecule has 0 unspecified atom stereocenters. The van der Waals surface area contributed by atoms with E-state index in [0.717, 1.165) is 17.0 Å². The van der Waals surface area contributed by atoms with E-state index in [0.29, 0.717) is 16.5 Å². The van der Waals surface area contributed by atoms with Gasteiger partial charge in [0.1, 0.15) is 5.69 Å². The molecular weight excluding hydrogens is 258 g/mol. The largest absolute Gasteiger partial charge is 0.287 e. The third-order valence-corrected chi connectivity index (χ3v) is 3.47. The average molecular weight is 266 g/mol. The van der Waals surface area contributed by atoms with Gasteiger partial charge in [0.25, 0.3) is 6.43 Å². The molecule has 3 aromatic heterocycles. The highest BCUT2D eigenvalue weighted by atomic mass is 32.1. The Bertz CT molecular complexity index is 704. The zero-order valence-electron chi connectivity index (χ0n) is 9.34. The van der Waals surface area contributed by atoms with Crippen molar-refractivity contribution in [1.29, 1.82) is 0 Å². The van der Waals surface area contributed by atoms with E-state index in [1.54, 1.807) is 22.9 Å². The highest BCUT2D eigenvalue weighted by Crippen LogP contribution is 2.29. The van der Waals surface area contributed by atoms with Crippen molar-refractivity contribution in [3.8, 4) is 11.5 Å². The quantitative estimate of drug-likeness (QED) is 0.715. The van der Waals surface area contributed by atoms with E-state index in [1.165, 1.54) is 6.20 Å². The summed E-state index contributed by atoms with van der Waals surface area (Å²) < 4.78 is 26.8. The van der Waals surface area contributed by atoms with Crippen LogP contribution >= 0.6 is 11.3 Å². The monoisotopic (exact) mass is 266 g/mol. The minimum atomic E-state index is -2.48. The highest BCUT2D eigenvalue weighted by Gasteiger charge is 2.16. The number of nitrogens with zero attached hydrogens (tertiary/aromatic N) is 4. The van der Waals surface area contributed by atoms with Gasteiger partial charge in [-0.15, -0.1) is 0 Å². The van der Waals surface area contributed by atoms with Crippen molar-refractivity contribution in [2.24, 2.45) is 0 Å². The van der Waals surface area contributed by atoms with Crippen LogP contribution in [-0.2, 0) is 0 Å². The van der Waals surface area contributed by atoms with Crippen molar-refractivity contribution in [3.63, 3.8) is 0 Å². The predicted molar refractivity (Wildman–Crippen MR) is 63.8 cm³/mol. The van der Waals surface area contributed by atoms with E-state index in [9.17, 15) is 8.78 Å². The first-order chi connectivity index (χ1) is 8.65. The van der Waals surface area contributed by atoms with Gasteiger partial charge in [-0.1, -0.05) is 11.3 Å². The zero-order valence-corrected chi connectivity index (χ0v) is 10.2. The molecule has 4 nitrogen and oxygen atoms in total. The maximum atomic E-state index is 12.6. The lowest BCUT2D eigenvalue weighted by Gasteiger charge is -1.98. The van der Waals surface area contributed by atoms with E-state index < -0.39 is 6.43 Å². The van der Waals surface area contributed by atoms with Gasteiger partial charge in [0.05, 0.1) is 11.1 Å². The van der Waals surface area contributed by atoms with Crippen molar-refractivity contribution in [2.45, 2.75) is 13.3 Å². The Morgan fingerprint density at radius 1 is 1.33 bits per heavy atom. The molecule has 3 aromatic rings. The maximum Gasteiger partial charge on any atom is 0.274 e. The second kappa shape index (κ2) is 4.09. The third kappa shape index (κ3) is 1.76. The number of aromatic nitrogens is 4. The van der Waals surface area contributed by atoms with Crippen molar-refractivity contribution in [2.75, 3.05) is 0 Å². The molecule has 0 aliphatic heterocycles. The lowest BCUT2D eigenvalue weighted by atomic mass is 10.4. The van der Waals surface area contributed by atoms with Crippen molar-refractivity contribution < 1.29 is 8.78 Å². The van der Waals surface area contributed by atoms with Gasteiger partial charge < -0.3 is 0 Å². The summed E-state index contributed by atoms with van der Waals surface area (Å²) in [6, 6.07) is 1.78. The number of thiazole rings is 1. The van der Waals surface area contributed by atoms with E-state index >= 15 is 0 Å². The van der Waals surface area contributed by atoms with Crippen LogP contribution < -0.4 is 0 Å². The molecule has 0 aliphatic rings. The van der Waals surface area contributed by atoms with Gasteiger partial charge in [-0.25, -0.2) is 23.7 Å². The second-order valence-electron chi connectivity index (χ2n) is 3.75. The maximum absolute atomic E-state index is 12.6. The fourth-order valence-corrected chi connectivity index (χ4v) is 2.45. The van der Waals surface area contributed by atoms with Gasteiger partial charge in [0, 0.05) is 18.1 Å². The highest BCUT2D eigenvalue weighted by molar-refractivity contribution is 7.17. The molecule has 18 heavy (non-hydrogen) atoms. The molecular formula is C11H8F2N4S. The average Bonchev–Trinajstić information content (AvgIpc) is 2.87. The van der Waals surface area contributed by atoms with E-state index in [-0.39, 0.29) is 4.88 Å². The number of rotatable bonds is 2. The molecule has 3 rings (SSSR count). The topological polar surface area (TPSA) is 43.1 Å². The molecule has 0 N–H and O–H groups in total. The van der Waals surface area contributed by atoms with E-state index in [2.05, 4.69) is 15.0 Å². The van der Waals surface area contributed by atoms with Crippen LogP contribution in [0.25, 0.3) is 16.5 Å². The predicted octanol–water partition coefficient (Wildman–Crippen LogP) is 3.10. The van der Waals surface area contributed by atoms with Crippen LogP contribution in [0.1, 0.15) is 17.0 Å². The normalized spacial score (nSPS) is 11.6. The summed E-state index contributed by atoms with van der Waals surface area (Å²) in [5.74, 6) is 0.487. The molecule has 0 atom stereocenters.